The molecule has 0 atom stereocenters. The molecule has 0 aliphatic rings. The molecular formula is C14H18N4O3S. The molecular weight excluding hydrogens is 304 g/mol. The summed E-state index contributed by atoms with van der Waals surface area (Å²) in [5.41, 5.74) is 0.816. The predicted octanol–water partition coefficient (Wildman–Crippen LogP) is 1.58. The lowest BCUT2D eigenvalue weighted by Gasteiger charge is -2.13. The minimum atomic E-state index is -0.940. The standard InChI is InChI=1S/C14H18N4O3S/c1-7-10-12(18(3)4)16-8(2)17-14(10)22-11(7)13(21)15-6-5-9(19)20/h5-6H2,1-4H3,(H,15,21)(H,19,20). The molecule has 0 radical (unpaired) electrons. The van der Waals surface area contributed by atoms with Gasteiger partial charge < -0.3 is 15.3 Å². The molecule has 0 bridgehead atoms. The number of carbonyl (C=O) groups is 2. The first-order valence-electron chi connectivity index (χ1n) is 6.76. The highest BCUT2D eigenvalue weighted by molar-refractivity contribution is 7.20. The Labute approximate surface area is 132 Å². The summed E-state index contributed by atoms with van der Waals surface area (Å²) >= 11 is 1.30. The number of nitrogens with one attached hydrogen (secondary N) is 1. The van der Waals surface area contributed by atoms with Crippen LogP contribution in [0.2, 0.25) is 0 Å². The summed E-state index contributed by atoms with van der Waals surface area (Å²) in [6.07, 6.45) is -0.0997. The van der Waals surface area contributed by atoms with Crippen molar-refractivity contribution in [2.24, 2.45) is 0 Å². The molecule has 2 rings (SSSR count). The molecule has 0 aliphatic carbocycles. The van der Waals surface area contributed by atoms with Crippen LogP contribution in [0, 0.1) is 13.8 Å². The van der Waals surface area contributed by atoms with Crippen LogP contribution in [0.1, 0.15) is 27.5 Å². The van der Waals surface area contributed by atoms with E-state index < -0.39 is 5.97 Å². The van der Waals surface area contributed by atoms with Crippen molar-refractivity contribution in [1.82, 2.24) is 15.3 Å². The highest BCUT2D eigenvalue weighted by Crippen LogP contribution is 2.34. The molecule has 118 valence electrons. The van der Waals surface area contributed by atoms with Crippen LogP contribution < -0.4 is 10.2 Å². The quantitative estimate of drug-likeness (QED) is 0.868. The van der Waals surface area contributed by atoms with Crippen LogP contribution >= 0.6 is 11.3 Å². The molecule has 2 aromatic rings. The van der Waals surface area contributed by atoms with E-state index in [1.165, 1.54) is 11.3 Å². The first-order chi connectivity index (χ1) is 10.3. The van der Waals surface area contributed by atoms with E-state index in [0.717, 1.165) is 21.6 Å². The molecule has 1 amide bonds. The first-order valence-corrected chi connectivity index (χ1v) is 7.58. The summed E-state index contributed by atoms with van der Waals surface area (Å²) in [6.45, 7) is 3.78. The largest absolute Gasteiger partial charge is 0.481 e. The van der Waals surface area contributed by atoms with Crippen molar-refractivity contribution < 1.29 is 14.7 Å². The molecule has 8 heteroatoms. The average Bonchev–Trinajstić information content (AvgIpc) is 2.74. The molecule has 22 heavy (non-hydrogen) atoms. The Balaban J connectivity index is 2.40. The van der Waals surface area contributed by atoms with Gasteiger partial charge in [-0.25, -0.2) is 9.97 Å². The smallest absolute Gasteiger partial charge is 0.305 e. The number of amides is 1. The number of aromatic nitrogens is 2. The molecule has 0 saturated heterocycles. The van der Waals surface area contributed by atoms with Gasteiger partial charge in [0.05, 0.1) is 16.7 Å². The van der Waals surface area contributed by atoms with E-state index in [2.05, 4.69) is 15.3 Å². The van der Waals surface area contributed by atoms with E-state index >= 15 is 0 Å². The number of aliphatic carboxylic acids is 1. The maximum Gasteiger partial charge on any atom is 0.305 e. The summed E-state index contributed by atoms with van der Waals surface area (Å²) in [7, 11) is 3.79. The number of carboxylic acids is 1. The van der Waals surface area contributed by atoms with Crippen molar-refractivity contribution in [3.05, 3.63) is 16.3 Å². The number of hydrogen-bond donors (Lipinski definition) is 2. The second kappa shape index (κ2) is 6.27. The molecule has 0 saturated carbocycles. The Bertz CT molecular complexity index is 739. The number of carbonyl (C=O) groups excluding carboxylic acids is 1. The van der Waals surface area contributed by atoms with Crippen LogP contribution in [0.4, 0.5) is 5.82 Å². The number of nitrogens with zero attached hydrogens (tertiary/aromatic N) is 3. The Hall–Kier alpha value is -2.22. The van der Waals surface area contributed by atoms with Gasteiger partial charge in [-0.2, -0.15) is 0 Å². The lowest BCUT2D eigenvalue weighted by Crippen LogP contribution is -2.25. The zero-order chi connectivity index (χ0) is 16.4. The third kappa shape index (κ3) is 3.16. The van der Waals surface area contributed by atoms with Crippen LogP contribution in [-0.2, 0) is 4.79 Å². The predicted molar refractivity (Wildman–Crippen MR) is 85.8 cm³/mol. The van der Waals surface area contributed by atoms with Gasteiger partial charge in [0.25, 0.3) is 5.91 Å². The van der Waals surface area contributed by atoms with Crippen molar-refractivity contribution in [2.75, 3.05) is 25.5 Å². The van der Waals surface area contributed by atoms with E-state index in [-0.39, 0.29) is 18.9 Å². The van der Waals surface area contributed by atoms with E-state index in [0.29, 0.717) is 10.7 Å². The van der Waals surface area contributed by atoms with Crippen LogP contribution in [0.25, 0.3) is 10.2 Å². The van der Waals surface area contributed by atoms with E-state index in [1.54, 1.807) is 0 Å². The Morgan fingerprint density at radius 3 is 2.55 bits per heavy atom. The number of aryl methyl sites for hydroxylation is 2. The molecule has 2 heterocycles. The summed E-state index contributed by atoms with van der Waals surface area (Å²) in [5.74, 6) is 0.213. The van der Waals surface area contributed by atoms with Crippen LogP contribution in [0.15, 0.2) is 0 Å². The fourth-order valence-corrected chi connectivity index (χ4v) is 3.26. The molecule has 0 aliphatic heterocycles. The van der Waals surface area contributed by atoms with Crippen molar-refractivity contribution in [3.63, 3.8) is 0 Å². The number of thiophene rings is 1. The number of hydrogen-bond acceptors (Lipinski definition) is 6. The first kappa shape index (κ1) is 16.2. The van der Waals surface area contributed by atoms with Gasteiger partial charge in [-0.1, -0.05) is 0 Å². The average molecular weight is 322 g/mol. The second-order valence-electron chi connectivity index (χ2n) is 5.12. The van der Waals surface area contributed by atoms with Crippen molar-refractivity contribution in [2.45, 2.75) is 20.3 Å². The number of fused-ring (bicyclic) bond motifs is 1. The molecule has 2 N–H and O–H groups in total. The zero-order valence-electron chi connectivity index (χ0n) is 12.9. The maximum atomic E-state index is 12.2. The van der Waals surface area contributed by atoms with E-state index in [9.17, 15) is 9.59 Å². The highest BCUT2D eigenvalue weighted by atomic mass is 32.1. The van der Waals surface area contributed by atoms with E-state index in [4.69, 9.17) is 5.11 Å². The third-order valence-electron chi connectivity index (χ3n) is 3.14. The fraction of sp³-hybridized carbons (Fsp3) is 0.429. The van der Waals surface area contributed by atoms with Gasteiger partial charge in [0, 0.05) is 20.6 Å². The summed E-state index contributed by atoms with van der Waals surface area (Å²) in [6, 6.07) is 0. The molecule has 0 unspecified atom stereocenters. The van der Waals surface area contributed by atoms with Gasteiger partial charge in [-0.3, -0.25) is 9.59 Å². The Morgan fingerprint density at radius 1 is 1.27 bits per heavy atom. The van der Waals surface area contributed by atoms with Gasteiger partial charge in [0.2, 0.25) is 0 Å². The van der Waals surface area contributed by atoms with Crippen LogP contribution in [0.5, 0.6) is 0 Å². The highest BCUT2D eigenvalue weighted by Gasteiger charge is 2.20. The molecule has 7 nitrogen and oxygen atoms in total. The van der Waals surface area contributed by atoms with Crippen LogP contribution in [-0.4, -0.2) is 47.6 Å². The Morgan fingerprint density at radius 2 is 1.95 bits per heavy atom. The summed E-state index contributed by atoms with van der Waals surface area (Å²) < 4.78 is 0. The molecule has 0 aromatic carbocycles. The Kier molecular flexibility index (Phi) is 4.60. The number of rotatable bonds is 5. The monoisotopic (exact) mass is 322 g/mol. The number of anilines is 1. The SMILES string of the molecule is Cc1nc(N(C)C)c2c(C)c(C(=O)NCCC(=O)O)sc2n1. The minimum Gasteiger partial charge on any atom is -0.481 e. The zero-order valence-corrected chi connectivity index (χ0v) is 13.7. The maximum absolute atomic E-state index is 12.2. The molecule has 0 fully saturated rings. The van der Waals surface area contributed by atoms with Crippen molar-refractivity contribution in [1.29, 1.82) is 0 Å². The van der Waals surface area contributed by atoms with Gasteiger partial charge in [0.1, 0.15) is 16.5 Å². The fourth-order valence-electron chi connectivity index (χ4n) is 2.12. The molecule has 0 spiro atoms. The van der Waals surface area contributed by atoms with Crippen molar-refractivity contribution in [3.8, 4) is 0 Å². The van der Waals surface area contributed by atoms with Gasteiger partial charge in [0.15, 0.2) is 0 Å². The lowest BCUT2D eigenvalue weighted by atomic mass is 10.2. The van der Waals surface area contributed by atoms with Gasteiger partial charge >= 0.3 is 5.97 Å². The summed E-state index contributed by atoms with van der Waals surface area (Å²) in [4.78, 5) is 34.8. The topological polar surface area (TPSA) is 95.4 Å². The normalized spacial score (nSPS) is 10.7. The number of carboxylic acid groups (broad SMARTS) is 1. The molecule has 2 aromatic heterocycles. The van der Waals surface area contributed by atoms with Crippen molar-refractivity contribution >= 4 is 39.2 Å². The summed E-state index contributed by atoms with van der Waals surface area (Å²) in [5, 5.41) is 12.1. The van der Waals surface area contributed by atoms with Crippen LogP contribution in [0.3, 0.4) is 0 Å². The lowest BCUT2D eigenvalue weighted by molar-refractivity contribution is -0.136. The van der Waals surface area contributed by atoms with Gasteiger partial charge in [-0.05, 0) is 19.4 Å². The second-order valence-corrected chi connectivity index (χ2v) is 6.12. The minimum absolute atomic E-state index is 0.0997. The van der Waals surface area contributed by atoms with E-state index in [1.807, 2.05) is 32.8 Å². The van der Waals surface area contributed by atoms with Gasteiger partial charge in [-0.15, -0.1) is 11.3 Å². The third-order valence-corrected chi connectivity index (χ3v) is 4.32.